The van der Waals surface area contributed by atoms with E-state index in [2.05, 4.69) is 15.5 Å². The second-order valence-corrected chi connectivity index (χ2v) is 7.82. The normalized spacial score (nSPS) is 12.0. The summed E-state index contributed by atoms with van der Waals surface area (Å²) in [6.45, 7) is 0. The van der Waals surface area contributed by atoms with Crippen LogP contribution in [0.1, 0.15) is 5.56 Å². The number of fused-ring (bicyclic) bond motifs is 1. The van der Waals surface area contributed by atoms with Gasteiger partial charge in [-0.15, -0.1) is 13.2 Å². The van der Waals surface area contributed by atoms with Crippen LogP contribution in [-0.4, -0.2) is 25.6 Å². The van der Waals surface area contributed by atoms with Gasteiger partial charge >= 0.3 is 6.36 Å². The summed E-state index contributed by atoms with van der Waals surface area (Å²) in [6, 6.07) is 12.2. The van der Waals surface area contributed by atoms with E-state index in [1.807, 2.05) is 0 Å². The fraction of sp³-hybridized carbons (Fsp3) is 0.167. The molecular weight excluding hydrogens is 395 g/mol. The fourth-order valence-corrected chi connectivity index (χ4v) is 3.54. The highest BCUT2D eigenvalue weighted by molar-refractivity contribution is 7.92. The zero-order valence-corrected chi connectivity index (χ0v) is 15.5. The van der Waals surface area contributed by atoms with Crippen LogP contribution in [0.2, 0.25) is 0 Å². The third-order valence-electron chi connectivity index (χ3n) is 3.98. The Morgan fingerprint density at radius 1 is 1.14 bits per heavy atom. The molecule has 2 aromatic carbocycles. The molecule has 3 aromatic rings. The van der Waals surface area contributed by atoms with Gasteiger partial charge in [0, 0.05) is 24.2 Å². The molecule has 1 aromatic heterocycles. The molecule has 0 bridgehead atoms. The summed E-state index contributed by atoms with van der Waals surface area (Å²) in [5.74, 6) is -0.385. The first kappa shape index (κ1) is 19.6. The van der Waals surface area contributed by atoms with Gasteiger partial charge in [0.05, 0.1) is 23.0 Å². The minimum atomic E-state index is -4.82. The maximum absolute atomic E-state index is 12.5. The van der Waals surface area contributed by atoms with Crippen molar-refractivity contribution in [3.05, 3.63) is 48.0 Å². The van der Waals surface area contributed by atoms with Crippen molar-refractivity contribution in [2.24, 2.45) is 7.05 Å². The summed E-state index contributed by atoms with van der Waals surface area (Å²) in [6.07, 6.45) is -3.79. The van der Waals surface area contributed by atoms with Crippen LogP contribution < -0.4 is 9.46 Å². The summed E-state index contributed by atoms with van der Waals surface area (Å²) >= 11 is 0. The fourth-order valence-electron chi connectivity index (χ4n) is 2.97. The van der Waals surface area contributed by atoms with Crippen LogP contribution in [0.25, 0.3) is 22.2 Å². The molecule has 0 amide bonds. The van der Waals surface area contributed by atoms with Crippen molar-refractivity contribution in [3.8, 4) is 23.1 Å². The summed E-state index contributed by atoms with van der Waals surface area (Å²) < 4.78 is 67.9. The molecule has 0 radical (unpaired) electrons. The van der Waals surface area contributed by atoms with Gasteiger partial charge in [-0.25, -0.2) is 8.42 Å². The summed E-state index contributed by atoms with van der Waals surface area (Å²) in [7, 11) is -1.81. The number of alkyl halides is 3. The Kier molecular flexibility index (Phi) is 4.72. The standard InChI is InChI=1S/C18H14F3N3O3S/c1-24-16-9-13(27-18(19,20)21)7-8-14(16)15(10-22)17(24)11-3-5-12(6-4-11)23-28(2,25)26/h3-9,23H,1-2H3. The number of nitrogens with one attached hydrogen (secondary N) is 1. The third-order valence-corrected chi connectivity index (χ3v) is 4.59. The lowest BCUT2D eigenvalue weighted by atomic mass is 10.1. The Labute approximate surface area is 158 Å². The number of rotatable bonds is 4. The number of nitriles is 1. The van der Waals surface area contributed by atoms with E-state index in [9.17, 15) is 26.9 Å². The lowest BCUT2D eigenvalue weighted by molar-refractivity contribution is -0.274. The SMILES string of the molecule is Cn1c(-c2ccc(NS(C)(=O)=O)cc2)c(C#N)c2ccc(OC(F)(F)F)cc21. The van der Waals surface area contributed by atoms with Crippen molar-refractivity contribution < 1.29 is 26.3 Å². The highest BCUT2D eigenvalue weighted by atomic mass is 32.2. The van der Waals surface area contributed by atoms with E-state index in [0.717, 1.165) is 12.3 Å². The minimum Gasteiger partial charge on any atom is -0.406 e. The van der Waals surface area contributed by atoms with Gasteiger partial charge in [0.25, 0.3) is 0 Å². The Balaban J connectivity index is 2.10. The van der Waals surface area contributed by atoms with Gasteiger partial charge in [0.2, 0.25) is 10.0 Å². The monoisotopic (exact) mass is 409 g/mol. The number of aryl methyl sites for hydroxylation is 1. The van der Waals surface area contributed by atoms with E-state index in [0.29, 0.717) is 33.4 Å². The van der Waals surface area contributed by atoms with Crippen LogP contribution in [0.3, 0.4) is 0 Å². The predicted molar refractivity (Wildman–Crippen MR) is 98.2 cm³/mol. The maximum atomic E-state index is 12.5. The second-order valence-electron chi connectivity index (χ2n) is 6.07. The molecule has 0 spiro atoms. The molecule has 0 fully saturated rings. The van der Waals surface area contributed by atoms with Crippen molar-refractivity contribution in [2.45, 2.75) is 6.36 Å². The number of sulfonamides is 1. The third kappa shape index (κ3) is 4.04. The zero-order chi connectivity index (χ0) is 20.7. The van der Waals surface area contributed by atoms with E-state index in [4.69, 9.17) is 0 Å². The Morgan fingerprint density at radius 3 is 2.32 bits per heavy atom. The number of aromatic nitrogens is 1. The van der Waals surface area contributed by atoms with E-state index in [1.165, 1.54) is 24.3 Å². The van der Waals surface area contributed by atoms with Gasteiger partial charge in [-0.1, -0.05) is 12.1 Å². The van der Waals surface area contributed by atoms with Crippen LogP contribution in [0.5, 0.6) is 5.75 Å². The minimum absolute atomic E-state index is 0.292. The van der Waals surface area contributed by atoms with E-state index in [-0.39, 0.29) is 5.75 Å². The zero-order valence-electron chi connectivity index (χ0n) is 14.7. The summed E-state index contributed by atoms with van der Waals surface area (Å²) in [4.78, 5) is 0. The molecule has 146 valence electrons. The number of nitrogens with zero attached hydrogens (tertiary/aromatic N) is 2. The van der Waals surface area contributed by atoms with Crippen LogP contribution >= 0.6 is 0 Å². The Hall–Kier alpha value is -3.19. The lowest BCUT2D eigenvalue weighted by Crippen LogP contribution is -2.17. The van der Waals surface area contributed by atoms with E-state index >= 15 is 0 Å². The van der Waals surface area contributed by atoms with Crippen LogP contribution in [0.15, 0.2) is 42.5 Å². The molecule has 0 saturated carbocycles. The molecule has 6 nitrogen and oxygen atoms in total. The molecule has 0 unspecified atom stereocenters. The number of anilines is 1. The molecule has 1 heterocycles. The largest absolute Gasteiger partial charge is 0.573 e. The van der Waals surface area contributed by atoms with Crippen molar-refractivity contribution in [1.29, 1.82) is 5.26 Å². The topological polar surface area (TPSA) is 84.1 Å². The van der Waals surface area contributed by atoms with Crippen molar-refractivity contribution >= 4 is 26.6 Å². The highest BCUT2D eigenvalue weighted by Gasteiger charge is 2.31. The van der Waals surface area contributed by atoms with Crippen LogP contribution in [0, 0.1) is 11.3 Å². The van der Waals surface area contributed by atoms with E-state index in [1.54, 1.807) is 23.7 Å². The average molecular weight is 409 g/mol. The predicted octanol–water partition coefficient (Wildman–Crippen LogP) is 3.99. The molecule has 0 aliphatic rings. The number of ether oxygens (including phenoxy) is 1. The Bertz CT molecular complexity index is 1190. The quantitative estimate of drug-likeness (QED) is 0.706. The molecule has 0 saturated heterocycles. The van der Waals surface area contributed by atoms with Crippen LogP contribution in [0.4, 0.5) is 18.9 Å². The molecule has 1 N–H and O–H groups in total. The number of hydrogen-bond donors (Lipinski definition) is 1. The smallest absolute Gasteiger partial charge is 0.406 e. The van der Waals surface area contributed by atoms with Gasteiger partial charge in [-0.2, -0.15) is 5.26 Å². The lowest BCUT2D eigenvalue weighted by Gasteiger charge is -2.09. The number of hydrogen-bond acceptors (Lipinski definition) is 4. The van der Waals surface area contributed by atoms with Crippen LogP contribution in [-0.2, 0) is 17.1 Å². The molecule has 10 heteroatoms. The molecular formula is C18H14F3N3O3S. The van der Waals surface area contributed by atoms with E-state index < -0.39 is 16.4 Å². The first-order chi connectivity index (χ1) is 13.0. The van der Waals surface area contributed by atoms with Gasteiger partial charge in [0.1, 0.15) is 11.8 Å². The van der Waals surface area contributed by atoms with Crippen molar-refractivity contribution in [2.75, 3.05) is 11.0 Å². The molecule has 28 heavy (non-hydrogen) atoms. The summed E-state index contributed by atoms with van der Waals surface area (Å²) in [5, 5.41) is 10.1. The van der Waals surface area contributed by atoms with Gasteiger partial charge in [0.15, 0.2) is 0 Å². The van der Waals surface area contributed by atoms with Crippen molar-refractivity contribution in [3.63, 3.8) is 0 Å². The molecule has 0 aliphatic heterocycles. The van der Waals surface area contributed by atoms with Gasteiger partial charge in [-0.3, -0.25) is 4.72 Å². The average Bonchev–Trinajstić information content (AvgIpc) is 2.84. The number of halogens is 3. The van der Waals surface area contributed by atoms with Crippen molar-refractivity contribution in [1.82, 2.24) is 4.57 Å². The molecule has 0 aliphatic carbocycles. The second kappa shape index (κ2) is 6.76. The first-order valence-corrected chi connectivity index (χ1v) is 9.74. The maximum Gasteiger partial charge on any atom is 0.573 e. The number of benzene rings is 2. The molecule has 3 rings (SSSR count). The first-order valence-electron chi connectivity index (χ1n) is 7.85. The van der Waals surface area contributed by atoms with Gasteiger partial charge < -0.3 is 9.30 Å². The highest BCUT2D eigenvalue weighted by Crippen LogP contribution is 2.35. The summed E-state index contributed by atoms with van der Waals surface area (Å²) in [5.41, 5.74) is 2.14. The van der Waals surface area contributed by atoms with Gasteiger partial charge in [-0.05, 0) is 29.8 Å². The molecule has 0 atom stereocenters. The Morgan fingerprint density at radius 2 is 1.79 bits per heavy atom.